The number of rotatable bonds is 2. The molecule has 1 rings (SSSR count). The molecule has 1 aromatic carbocycles. The fourth-order valence-corrected chi connectivity index (χ4v) is 1.73. The van der Waals surface area contributed by atoms with Gasteiger partial charge in [-0.25, -0.2) is 0 Å². The lowest BCUT2D eigenvalue weighted by molar-refractivity contribution is 0.473. The van der Waals surface area contributed by atoms with E-state index in [9.17, 15) is 5.11 Å². The van der Waals surface area contributed by atoms with E-state index in [2.05, 4.69) is 37.2 Å². The Bertz CT molecular complexity index is 313. The quantitative estimate of drug-likeness (QED) is 0.816. The van der Waals surface area contributed by atoms with Crippen molar-refractivity contribution in [2.45, 2.75) is 19.9 Å². The van der Waals surface area contributed by atoms with Crippen molar-refractivity contribution in [1.29, 1.82) is 0 Å². The molecule has 2 nitrogen and oxygen atoms in total. The summed E-state index contributed by atoms with van der Waals surface area (Å²) in [5.41, 5.74) is 0.726. The van der Waals surface area contributed by atoms with Crippen molar-refractivity contribution >= 4 is 37.5 Å². The maximum Gasteiger partial charge on any atom is 0.154 e. The molecule has 0 heterocycles. The van der Waals surface area contributed by atoms with Crippen molar-refractivity contribution in [3.8, 4) is 5.75 Å². The van der Waals surface area contributed by atoms with Gasteiger partial charge in [0.2, 0.25) is 0 Å². The van der Waals surface area contributed by atoms with Crippen LogP contribution in [0, 0.1) is 0 Å². The van der Waals surface area contributed by atoms with E-state index in [4.69, 9.17) is 0 Å². The van der Waals surface area contributed by atoms with Crippen molar-refractivity contribution < 1.29 is 5.11 Å². The lowest BCUT2D eigenvalue weighted by atomic mass is 10.2. The van der Waals surface area contributed by atoms with E-state index in [0.717, 1.165) is 10.2 Å². The van der Waals surface area contributed by atoms with Crippen LogP contribution in [0.15, 0.2) is 21.1 Å². The summed E-state index contributed by atoms with van der Waals surface area (Å²) in [5, 5.41) is 12.8. The summed E-state index contributed by atoms with van der Waals surface area (Å²) in [5.74, 6) is 0.239. The van der Waals surface area contributed by atoms with Gasteiger partial charge < -0.3 is 10.4 Å². The number of aromatic hydroxyl groups is 1. The summed E-state index contributed by atoms with van der Waals surface area (Å²) in [6, 6.07) is 3.97. The predicted molar refractivity (Wildman–Crippen MR) is 62.3 cm³/mol. The zero-order valence-electron chi connectivity index (χ0n) is 7.44. The molecule has 1 aromatic rings. The average molecular weight is 309 g/mol. The number of halogens is 2. The zero-order valence-corrected chi connectivity index (χ0v) is 10.6. The van der Waals surface area contributed by atoms with Crippen molar-refractivity contribution in [2.75, 3.05) is 5.32 Å². The number of anilines is 1. The fraction of sp³-hybridized carbons (Fsp3) is 0.333. The van der Waals surface area contributed by atoms with Crippen molar-refractivity contribution in [3.05, 3.63) is 21.1 Å². The van der Waals surface area contributed by atoms with Gasteiger partial charge in [-0.3, -0.25) is 0 Å². The summed E-state index contributed by atoms with van der Waals surface area (Å²) in [7, 11) is 0. The molecule has 0 unspecified atom stereocenters. The van der Waals surface area contributed by atoms with E-state index >= 15 is 0 Å². The first-order valence-electron chi connectivity index (χ1n) is 3.96. The molecule has 0 atom stereocenters. The molecular weight excluding hydrogens is 298 g/mol. The molecule has 72 valence electrons. The number of phenolic OH excluding ortho intramolecular Hbond substituents is 1. The van der Waals surface area contributed by atoms with Crippen molar-refractivity contribution in [1.82, 2.24) is 0 Å². The van der Waals surface area contributed by atoms with E-state index in [1.54, 1.807) is 6.07 Å². The van der Waals surface area contributed by atoms with Crippen LogP contribution in [0.2, 0.25) is 0 Å². The Morgan fingerprint density at radius 2 is 1.77 bits per heavy atom. The molecule has 0 aliphatic carbocycles. The van der Waals surface area contributed by atoms with Gasteiger partial charge >= 0.3 is 0 Å². The molecule has 13 heavy (non-hydrogen) atoms. The summed E-state index contributed by atoms with van der Waals surface area (Å²) in [6.07, 6.45) is 0. The van der Waals surface area contributed by atoms with Gasteiger partial charge in [-0.05, 0) is 57.8 Å². The molecule has 0 radical (unpaired) electrons. The lowest BCUT2D eigenvalue weighted by Crippen LogP contribution is -2.10. The summed E-state index contributed by atoms with van der Waals surface area (Å²) in [4.78, 5) is 0. The lowest BCUT2D eigenvalue weighted by Gasteiger charge is -2.14. The Hall–Kier alpha value is -0.220. The SMILES string of the molecule is CC(C)Nc1c(Br)ccc(Br)c1O. The van der Waals surface area contributed by atoms with Gasteiger partial charge in [0.15, 0.2) is 5.75 Å². The van der Waals surface area contributed by atoms with Crippen LogP contribution < -0.4 is 5.32 Å². The average Bonchev–Trinajstić information content (AvgIpc) is 2.05. The standard InChI is InChI=1S/C9H11Br2NO/c1-5(2)12-8-6(10)3-4-7(11)9(8)13/h3-5,12-13H,1-2H3. The molecule has 0 amide bonds. The summed E-state index contributed by atoms with van der Waals surface area (Å²) < 4.78 is 1.56. The Kier molecular flexibility index (Phi) is 3.62. The third kappa shape index (κ3) is 2.61. The summed E-state index contributed by atoms with van der Waals surface area (Å²) >= 11 is 6.63. The van der Waals surface area contributed by atoms with Crippen LogP contribution in [-0.2, 0) is 0 Å². The van der Waals surface area contributed by atoms with Gasteiger partial charge in [0.1, 0.15) is 0 Å². The molecule has 0 fully saturated rings. The van der Waals surface area contributed by atoms with E-state index < -0.39 is 0 Å². The number of hydrogen-bond donors (Lipinski definition) is 2. The van der Waals surface area contributed by atoms with Crippen LogP contribution in [0.25, 0.3) is 0 Å². The fourth-order valence-electron chi connectivity index (χ4n) is 0.967. The highest BCUT2D eigenvalue weighted by Crippen LogP contribution is 2.38. The maximum absolute atomic E-state index is 9.69. The smallest absolute Gasteiger partial charge is 0.154 e. The monoisotopic (exact) mass is 307 g/mol. The van der Waals surface area contributed by atoms with E-state index in [-0.39, 0.29) is 11.8 Å². The topological polar surface area (TPSA) is 32.3 Å². The first kappa shape index (κ1) is 10.9. The van der Waals surface area contributed by atoms with Gasteiger partial charge in [-0.1, -0.05) is 0 Å². The molecular formula is C9H11Br2NO. The van der Waals surface area contributed by atoms with Gasteiger partial charge in [0.05, 0.1) is 10.2 Å². The highest BCUT2D eigenvalue weighted by atomic mass is 79.9. The third-order valence-electron chi connectivity index (χ3n) is 1.51. The second kappa shape index (κ2) is 4.33. The Labute approximate surface area is 94.6 Å². The molecule has 0 saturated carbocycles. The van der Waals surface area contributed by atoms with E-state index in [1.165, 1.54) is 0 Å². The first-order chi connectivity index (χ1) is 6.02. The van der Waals surface area contributed by atoms with E-state index in [1.807, 2.05) is 19.9 Å². The highest BCUT2D eigenvalue weighted by molar-refractivity contribution is 9.11. The maximum atomic E-state index is 9.69. The Morgan fingerprint density at radius 1 is 1.23 bits per heavy atom. The first-order valence-corrected chi connectivity index (χ1v) is 5.54. The number of phenols is 1. The van der Waals surface area contributed by atoms with Crippen LogP contribution in [-0.4, -0.2) is 11.1 Å². The largest absolute Gasteiger partial charge is 0.505 e. The van der Waals surface area contributed by atoms with Crippen LogP contribution in [0.4, 0.5) is 5.69 Å². The van der Waals surface area contributed by atoms with Gasteiger partial charge in [-0.15, -0.1) is 0 Å². The third-order valence-corrected chi connectivity index (χ3v) is 2.81. The van der Waals surface area contributed by atoms with Crippen molar-refractivity contribution in [3.63, 3.8) is 0 Å². The summed E-state index contributed by atoms with van der Waals surface area (Å²) in [6.45, 7) is 4.04. The van der Waals surface area contributed by atoms with Gasteiger partial charge in [-0.2, -0.15) is 0 Å². The zero-order chi connectivity index (χ0) is 10.0. The molecule has 0 bridgehead atoms. The normalized spacial score (nSPS) is 10.5. The van der Waals surface area contributed by atoms with Crippen molar-refractivity contribution in [2.24, 2.45) is 0 Å². The Morgan fingerprint density at radius 3 is 2.31 bits per heavy atom. The molecule has 0 aliphatic rings. The van der Waals surface area contributed by atoms with Gasteiger partial charge in [0, 0.05) is 10.5 Å². The van der Waals surface area contributed by atoms with Gasteiger partial charge in [0.25, 0.3) is 0 Å². The highest BCUT2D eigenvalue weighted by Gasteiger charge is 2.09. The molecule has 4 heteroatoms. The van der Waals surface area contributed by atoms with E-state index in [0.29, 0.717) is 4.47 Å². The second-order valence-electron chi connectivity index (χ2n) is 3.05. The molecule has 0 spiro atoms. The number of nitrogens with one attached hydrogen (secondary N) is 1. The molecule has 0 aromatic heterocycles. The predicted octanol–water partition coefficient (Wildman–Crippen LogP) is 3.74. The van der Waals surface area contributed by atoms with Crippen LogP contribution >= 0.6 is 31.9 Å². The Balaban J connectivity index is 3.10. The minimum Gasteiger partial charge on any atom is -0.505 e. The van der Waals surface area contributed by atoms with Crippen LogP contribution in [0.5, 0.6) is 5.75 Å². The van der Waals surface area contributed by atoms with Crippen LogP contribution in [0.1, 0.15) is 13.8 Å². The molecule has 0 saturated heterocycles. The minimum absolute atomic E-state index is 0.239. The second-order valence-corrected chi connectivity index (χ2v) is 4.76. The van der Waals surface area contributed by atoms with Crippen LogP contribution in [0.3, 0.4) is 0 Å². The minimum atomic E-state index is 0.239. The number of hydrogen-bond acceptors (Lipinski definition) is 2. The molecule has 2 N–H and O–H groups in total. The molecule has 0 aliphatic heterocycles. The number of benzene rings is 1.